The van der Waals surface area contributed by atoms with Crippen molar-refractivity contribution < 1.29 is 18.0 Å². The third kappa shape index (κ3) is 4.30. The lowest BCUT2D eigenvalue weighted by molar-refractivity contribution is -0.138. The molecule has 146 valence electrons. The molecule has 0 atom stereocenters. The quantitative estimate of drug-likeness (QED) is 0.692. The van der Waals surface area contributed by atoms with Gasteiger partial charge in [-0.1, -0.05) is 0 Å². The number of halogens is 3. The molecule has 0 spiro atoms. The van der Waals surface area contributed by atoms with Crippen LogP contribution in [-0.4, -0.2) is 20.7 Å². The number of nitrogens with zero attached hydrogens (tertiary/aromatic N) is 3. The number of alkyl halides is 3. The maximum atomic E-state index is 12.9. The van der Waals surface area contributed by atoms with E-state index in [0.29, 0.717) is 12.2 Å². The van der Waals surface area contributed by atoms with Gasteiger partial charge in [0.1, 0.15) is 5.69 Å². The first-order valence-electron chi connectivity index (χ1n) is 8.39. The number of nitrogens with one attached hydrogen (secondary N) is 2. The monoisotopic (exact) mass is 389 g/mol. The van der Waals surface area contributed by atoms with Crippen molar-refractivity contribution >= 4 is 17.3 Å². The van der Waals surface area contributed by atoms with Crippen molar-refractivity contribution in [3.63, 3.8) is 0 Å². The Bertz CT molecular complexity index is 983. The second kappa shape index (κ2) is 7.71. The summed E-state index contributed by atoms with van der Waals surface area (Å²) in [5.41, 5.74) is 1.34. The van der Waals surface area contributed by atoms with E-state index in [1.165, 1.54) is 29.9 Å². The smallest absolute Gasteiger partial charge is 0.378 e. The Balaban J connectivity index is 1.76. The van der Waals surface area contributed by atoms with E-state index in [1.807, 2.05) is 12.1 Å². The van der Waals surface area contributed by atoms with Crippen molar-refractivity contribution in [3.8, 4) is 0 Å². The number of carbonyl (C=O) groups is 1. The summed E-state index contributed by atoms with van der Waals surface area (Å²) < 4.78 is 40.1. The predicted molar refractivity (Wildman–Crippen MR) is 98.9 cm³/mol. The molecule has 3 aromatic rings. The first-order chi connectivity index (χ1) is 13.3. The minimum Gasteiger partial charge on any atom is -0.378 e. The van der Waals surface area contributed by atoms with E-state index in [-0.39, 0.29) is 16.9 Å². The molecule has 2 aromatic heterocycles. The van der Waals surface area contributed by atoms with Gasteiger partial charge in [0.2, 0.25) is 0 Å². The van der Waals surface area contributed by atoms with Crippen LogP contribution in [0.3, 0.4) is 0 Å². The van der Waals surface area contributed by atoms with E-state index in [0.717, 1.165) is 11.6 Å². The van der Waals surface area contributed by atoms with E-state index in [4.69, 9.17) is 0 Å². The molecule has 0 bridgehead atoms. The molecular weight excluding hydrogens is 371 g/mol. The number of aromatic nitrogens is 3. The molecule has 9 heteroatoms. The molecule has 0 aliphatic heterocycles. The van der Waals surface area contributed by atoms with Crippen LogP contribution in [0, 0.1) is 6.92 Å². The molecule has 2 N–H and O–H groups in total. The highest BCUT2D eigenvalue weighted by molar-refractivity contribution is 6.06. The zero-order chi connectivity index (χ0) is 20.3. The summed E-state index contributed by atoms with van der Waals surface area (Å²) in [5, 5.41) is 9.85. The number of benzene rings is 1. The summed E-state index contributed by atoms with van der Waals surface area (Å²) in [7, 11) is 1.62. The second-order valence-electron chi connectivity index (χ2n) is 6.22. The number of carbonyl (C=O) groups excluding carboxylic acids is 1. The average molecular weight is 389 g/mol. The zero-order valence-electron chi connectivity index (χ0n) is 15.2. The van der Waals surface area contributed by atoms with Gasteiger partial charge in [0.15, 0.2) is 0 Å². The van der Waals surface area contributed by atoms with Crippen molar-refractivity contribution in [2.45, 2.75) is 19.6 Å². The average Bonchev–Trinajstić information content (AvgIpc) is 3.00. The summed E-state index contributed by atoms with van der Waals surface area (Å²) >= 11 is 0. The third-order valence-electron chi connectivity index (χ3n) is 4.18. The highest BCUT2D eigenvalue weighted by Gasteiger charge is 2.32. The molecule has 0 saturated carbocycles. The second-order valence-corrected chi connectivity index (χ2v) is 6.22. The van der Waals surface area contributed by atoms with Crippen molar-refractivity contribution in [1.29, 1.82) is 0 Å². The summed E-state index contributed by atoms with van der Waals surface area (Å²) in [6.45, 7) is 1.82. The van der Waals surface area contributed by atoms with Crippen molar-refractivity contribution in [3.05, 3.63) is 71.3 Å². The lowest BCUT2D eigenvalue weighted by atomic mass is 10.1. The van der Waals surface area contributed by atoms with Gasteiger partial charge in [-0.2, -0.15) is 18.3 Å². The number of rotatable bonds is 5. The molecule has 0 aliphatic rings. The first kappa shape index (κ1) is 19.4. The van der Waals surface area contributed by atoms with E-state index in [9.17, 15) is 18.0 Å². The van der Waals surface area contributed by atoms with Gasteiger partial charge in [0.25, 0.3) is 5.91 Å². The summed E-state index contributed by atoms with van der Waals surface area (Å²) in [5.74, 6) is -0.476. The van der Waals surface area contributed by atoms with Crippen molar-refractivity contribution in [2.24, 2.45) is 7.05 Å². The molecular formula is C19H18F3N5O. The van der Waals surface area contributed by atoms with Gasteiger partial charge >= 0.3 is 6.18 Å². The molecule has 28 heavy (non-hydrogen) atoms. The molecule has 0 radical (unpaired) electrons. The summed E-state index contributed by atoms with van der Waals surface area (Å²) in [4.78, 5) is 16.6. The molecule has 6 nitrogen and oxygen atoms in total. The first-order valence-corrected chi connectivity index (χ1v) is 8.39. The largest absolute Gasteiger partial charge is 0.416 e. The van der Waals surface area contributed by atoms with E-state index in [1.54, 1.807) is 19.4 Å². The van der Waals surface area contributed by atoms with Crippen LogP contribution in [0.2, 0.25) is 0 Å². The van der Waals surface area contributed by atoms with E-state index < -0.39 is 17.6 Å². The Morgan fingerprint density at radius 2 is 1.89 bits per heavy atom. The van der Waals surface area contributed by atoms with Crippen LogP contribution < -0.4 is 10.6 Å². The van der Waals surface area contributed by atoms with Crippen LogP contribution in [0.4, 0.5) is 24.5 Å². The van der Waals surface area contributed by atoms with Gasteiger partial charge in [0, 0.05) is 31.7 Å². The minimum atomic E-state index is -4.43. The standard InChI is InChI=1S/C19H18F3N5O/c1-12-9-14(3-4-15(12)19(20,21)22)26-18(28)17-16(11-25-27(17)2)24-10-13-5-7-23-8-6-13/h3-9,11,24H,10H2,1-2H3,(H,26,28). The zero-order valence-corrected chi connectivity index (χ0v) is 15.2. The van der Waals surface area contributed by atoms with Crippen LogP contribution in [0.15, 0.2) is 48.9 Å². The van der Waals surface area contributed by atoms with Gasteiger partial charge in [-0.3, -0.25) is 14.5 Å². The van der Waals surface area contributed by atoms with Crippen molar-refractivity contribution in [1.82, 2.24) is 14.8 Å². The Morgan fingerprint density at radius 1 is 1.18 bits per heavy atom. The number of aryl methyl sites for hydroxylation is 2. The van der Waals surface area contributed by atoms with Gasteiger partial charge in [-0.25, -0.2) is 0 Å². The molecule has 0 saturated heterocycles. The van der Waals surface area contributed by atoms with Crippen molar-refractivity contribution in [2.75, 3.05) is 10.6 Å². The van der Waals surface area contributed by atoms with E-state index >= 15 is 0 Å². The number of amides is 1. The number of pyridine rings is 1. The number of hydrogen-bond acceptors (Lipinski definition) is 4. The van der Waals surface area contributed by atoms with Crippen LogP contribution in [0.5, 0.6) is 0 Å². The Kier molecular flexibility index (Phi) is 5.34. The molecule has 1 aromatic carbocycles. The molecule has 1 amide bonds. The number of hydrogen-bond donors (Lipinski definition) is 2. The van der Waals surface area contributed by atoms with Crippen LogP contribution in [-0.2, 0) is 19.8 Å². The Labute approximate surface area is 159 Å². The van der Waals surface area contributed by atoms with E-state index in [2.05, 4.69) is 20.7 Å². The van der Waals surface area contributed by atoms with Gasteiger partial charge in [-0.05, 0) is 48.4 Å². The summed E-state index contributed by atoms with van der Waals surface area (Å²) in [6, 6.07) is 7.16. The predicted octanol–water partition coefficient (Wildman–Crippen LogP) is 4.01. The molecule has 0 unspecified atom stereocenters. The maximum absolute atomic E-state index is 12.9. The van der Waals surface area contributed by atoms with Gasteiger partial charge in [-0.15, -0.1) is 0 Å². The van der Waals surface area contributed by atoms with Gasteiger partial charge < -0.3 is 10.6 Å². The van der Waals surface area contributed by atoms with Gasteiger partial charge in [0.05, 0.1) is 17.4 Å². The molecule has 0 aliphatic carbocycles. The normalized spacial score (nSPS) is 11.3. The fourth-order valence-electron chi connectivity index (χ4n) is 2.78. The Morgan fingerprint density at radius 3 is 2.54 bits per heavy atom. The summed E-state index contributed by atoms with van der Waals surface area (Å²) in [6.07, 6.45) is 0.425. The highest BCUT2D eigenvalue weighted by Crippen LogP contribution is 2.33. The van der Waals surface area contributed by atoms with Crippen LogP contribution in [0.1, 0.15) is 27.2 Å². The molecule has 2 heterocycles. The lowest BCUT2D eigenvalue weighted by Gasteiger charge is -2.13. The fourth-order valence-corrected chi connectivity index (χ4v) is 2.78. The maximum Gasteiger partial charge on any atom is 0.416 e. The lowest BCUT2D eigenvalue weighted by Crippen LogP contribution is -2.18. The number of anilines is 2. The van der Waals surface area contributed by atoms with Crippen LogP contribution >= 0.6 is 0 Å². The molecule has 3 rings (SSSR count). The highest BCUT2D eigenvalue weighted by atomic mass is 19.4. The van der Waals surface area contributed by atoms with Crippen LogP contribution in [0.25, 0.3) is 0 Å². The topological polar surface area (TPSA) is 71.8 Å². The Hall–Kier alpha value is -3.36. The SMILES string of the molecule is Cc1cc(NC(=O)c2c(NCc3ccncc3)cnn2C)ccc1C(F)(F)F. The molecule has 0 fully saturated rings. The minimum absolute atomic E-state index is 0.0336. The fraction of sp³-hybridized carbons (Fsp3) is 0.211. The third-order valence-corrected chi connectivity index (χ3v) is 4.18.